The van der Waals surface area contributed by atoms with Crippen LogP contribution in [0.25, 0.3) is 0 Å². The van der Waals surface area contributed by atoms with Crippen molar-refractivity contribution in [3.05, 3.63) is 24.8 Å². The van der Waals surface area contributed by atoms with E-state index in [1.165, 1.54) is 24.8 Å². The van der Waals surface area contributed by atoms with Gasteiger partial charge in [-0.2, -0.15) is 0 Å². The molecule has 1 rings (SSSR count). The van der Waals surface area contributed by atoms with Gasteiger partial charge in [0.25, 0.3) is 0 Å². The van der Waals surface area contributed by atoms with E-state index in [9.17, 15) is 0 Å². The van der Waals surface area contributed by atoms with E-state index in [1.54, 1.807) is 0 Å². The van der Waals surface area contributed by atoms with Crippen LogP contribution in [0.3, 0.4) is 0 Å². The van der Waals surface area contributed by atoms with Gasteiger partial charge in [0.2, 0.25) is 0 Å². The second-order valence-electron chi connectivity index (χ2n) is 3.52. The monoisotopic (exact) mass is 136 g/mol. The maximum atomic E-state index is 3.97. The Kier molecular flexibility index (Phi) is 1.98. The fraction of sp³-hybridized carbons (Fsp3) is 0.600. The van der Waals surface area contributed by atoms with Crippen LogP contribution in [0.1, 0.15) is 32.6 Å². The van der Waals surface area contributed by atoms with Crippen molar-refractivity contribution in [2.24, 2.45) is 5.41 Å². The predicted octanol–water partition coefficient (Wildman–Crippen LogP) is 3.31. The minimum Gasteiger partial charge on any atom is -0.103 e. The molecular formula is C10H16. The fourth-order valence-electron chi connectivity index (χ4n) is 1.33. The van der Waals surface area contributed by atoms with Gasteiger partial charge in [-0.25, -0.2) is 0 Å². The van der Waals surface area contributed by atoms with Gasteiger partial charge < -0.3 is 0 Å². The first-order chi connectivity index (χ1) is 4.69. The summed E-state index contributed by atoms with van der Waals surface area (Å²) in [6.45, 7) is 9.97. The van der Waals surface area contributed by atoms with Crippen LogP contribution in [0.15, 0.2) is 24.8 Å². The lowest BCUT2D eigenvalue weighted by atomic mass is 10.0. The molecule has 56 valence electrons. The van der Waals surface area contributed by atoms with Gasteiger partial charge in [0.1, 0.15) is 0 Å². The lowest BCUT2D eigenvalue weighted by molar-refractivity contribution is 0.521. The molecule has 0 bridgehead atoms. The Hall–Kier alpha value is -0.520. The molecule has 1 fully saturated rings. The van der Waals surface area contributed by atoms with Gasteiger partial charge >= 0.3 is 0 Å². The number of rotatable bonds is 4. The maximum absolute atomic E-state index is 3.97. The van der Waals surface area contributed by atoms with Crippen molar-refractivity contribution < 1.29 is 0 Å². The van der Waals surface area contributed by atoms with Crippen LogP contribution in [-0.4, -0.2) is 0 Å². The third-order valence-electron chi connectivity index (χ3n) is 2.47. The quantitative estimate of drug-likeness (QED) is 0.411. The van der Waals surface area contributed by atoms with Crippen molar-refractivity contribution in [1.82, 2.24) is 0 Å². The second-order valence-corrected chi connectivity index (χ2v) is 3.52. The molecule has 0 nitrogen and oxygen atoms in total. The first-order valence-electron chi connectivity index (χ1n) is 3.98. The third-order valence-corrected chi connectivity index (χ3v) is 2.47. The smallest absolute Gasteiger partial charge is 0.00814 e. The second kappa shape index (κ2) is 2.61. The first kappa shape index (κ1) is 7.59. The zero-order valence-electron chi connectivity index (χ0n) is 6.82. The Morgan fingerprint density at radius 3 is 2.70 bits per heavy atom. The highest BCUT2D eigenvalue weighted by Crippen LogP contribution is 2.53. The number of hydrogen-bond donors (Lipinski definition) is 0. The Bertz CT molecular complexity index is 155. The van der Waals surface area contributed by atoms with E-state index in [2.05, 4.69) is 20.1 Å². The molecule has 1 aliphatic carbocycles. The van der Waals surface area contributed by atoms with E-state index in [4.69, 9.17) is 0 Å². The predicted molar refractivity (Wildman–Crippen MR) is 45.9 cm³/mol. The van der Waals surface area contributed by atoms with Crippen LogP contribution >= 0.6 is 0 Å². The molecule has 0 amide bonds. The summed E-state index contributed by atoms with van der Waals surface area (Å²) in [5.74, 6) is 0. The molecule has 10 heavy (non-hydrogen) atoms. The summed E-state index contributed by atoms with van der Waals surface area (Å²) in [7, 11) is 0. The van der Waals surface area contributed by atoms with Crippen molar-refractivity contribution in [3.8, 4) is 0 Å². The van der Waals surface area contributed by atoms with Gasteiger partial charge in [-0.3, -0.25) is 0 Å². The molecule has 0 aromatic rings. The number of allylic oxidation sites excluding steroid dienone is 2. The highest BCUT2D eigenvalue weighted by molar-refractivity contribution is 5.27. The van der Waals surface area contributed by atoms with Crippen molar-refractivity contribution in [2.75, 3.05) is 0 Å². The summed E-state index contributed by atoms with van der Waals surface area (Å²) in [6, 6.07) is 0. The Morgan fingerprint density at radius 1 is 1.70 bits per heavy atom. The highest BCUT2D eigenvalue weighted by Gasteiger charge is 2.40. The molecule has 1 atom stereocenters. The zero-order chi connectivity index (χ0) is 7.61. The summed E-state index contributed by atoms with van der Waals surface area (Å²) in [6.07, 6.45) is 6.98. The number of unbranched alkanes of at least 4 members (excludes halogenated alkanes) is 1. The molecule has 0 heteroatoms. The molecule has 0 spiro atoms. The van der Waals surface area contributed by atoms with Gasteiger partial charge in [0, 0.05) is 0 Å². The topological polar surface area (TPSA) is 0 Å². The van der Waals surface area contributed by atoms with Gasteiger partial charge in [0.15, 0.2) is 0 Å². The summed E-state index contributed by atoms with van der Waals surface area (Å²) >= 11 is 0. The normalized spacial score (nSPS) is 30.3. The molecule has 1 unspecified atom stereocenters. The van der Waals surface area contributed by atoms with Crippen LogP contribution in [0, 0.1) is 5.41 Å². The molecule has 0 saturated heterocycles. The van der Waals surface area contributed by atoms with Crippen LogP contribution in [0.2, 0.25) is 0 Å². The van der Waals surface area contributed by atoms with Crippen molar-refractivity contribution in [3.63, 3.8) is 0 Å². The summed E-state index contributed by atoms with van der Waals surface area (Å²) in [5, 5.41) is 0. The zero-order valence-corrected chi connectivity index (χ0v) is 6.82. The maximum Gasteiger partial charge on any atom is -0.00814 e. The fourth-order valence-corrected chi connectivity index (χ4v) is 1.33. The summed E-state index contributed by atoms with van der Waals surface area (Å²) in [5.41, 5.74) is 1.96. The highest BCUT2D eigenvalue weighted by atomic mass is 14.4. The van der Waals surface area contributed by atoms with Crippen molar-refractivity contribution in [2.45, 2.75) is 32.6 Å². The lowest BCUT2D eigenvalue weighted by Crippen LogP contribution is -1.91. The molecule has 1 saturated carbocycles. The minimum atomic E-state index is 0.517. The van der Waals surface area contributed by atoms with Gasteiger partial charge in [0.05, 0.1) is 0 Å². The Morgan fingerprint density at radius 2 is 2.30 bits per heavy atom. The van der Waals surface area contributed by atoms with Gasteiger partial charge in [-0.1, -0.05) is 25.2 Å². The molecule has 0 aromatic carbocycles. The van der Waals surface area contributed by atoms with E-state index in [1.807, 2.05) is 6.08 Å². The molecule has 1 aliphatic rings. The lowest BCUT2D eigenvalue weighted by Gasteiger charge is -2.04. The molecule has 0 radical (unpaired) electrons. The van der Waals surface area contributed by atoms with E-state index < -0.39 is 0 Å². The van der Waals surface area contributed by atoms with E-state index in [-0.39, 0.29) is 0 Å². The SMILES string of the molecule is C=CCCCC1(C)CC1=C. The van der Waals surface area contributed by atoms with Crippen LogP contribution in [0.4, 0.5) is 0 Å². The van der Waals surface area contributed by atoms with E-state index in [0.29, 0.717) is 5.41 Å². The largest absolute Gasteiger partial charge is 0.103 e. The number of hydrogen-bond acceptors (Lipinski definition) is 0. The average Bonchev–Trinajstić information content (AvgIpc) is 2.42. The van der Waals surface area contributed by atoms with E-state index in [0.717, 1.165) is 6.42 Å². The molecular weight excluding hydrogens is 120 g/mol. The van der Waals surface area contributed by atoms with Crippen LogP contribution in [-0.2, 0) is 0 Å². The molecule has 0 N–H and O–H groups in total. The molecule has 0 heterocycles. The standard InChI is InChI=1S/C10H16/c1-4-5-6-7-10(3)8-9(10)2/h4H,1-2,5-8H2,3H3. The van der Waals surface area contributed by atoms with Gasteiger partial charge in [-0.15, -0.1) is 6.58 Å². The average molecular weight is 136 g/mol. The van der Waals surface area contributed by atoms with Crippen LogP contribution in [0.5, 0.6) is 0 Å². The molecule has 0 aromatic heterocycles. The van der Waals surface area contributed by atoms with Gasteiger partial charge in [-0.05, 0) is 31.1 Å². The van der Waals surface area contributed by atoms with Crippen molar-refractivity contribution >= 4 is 0 Å². The minimum absolute atomic E-state index is 0.517. The van der Waals surface area contributed by atoms with E-state index >= 15 is 0 Å². The third kappa shape index (κ3) is 1.50. The first-order valence-corrected chi connectivity index (χ1v) is 3.98. The van der Waals surface area contributed by atoms with Crippen LogP contribution < -0.4 is 0 Å². The molecule has 0 aliphatic heterocycles. The Labute approximate surface area is 63.6 Å². The van der Waals surface area contributed by atoms with Crippen molar-refractivity contribution in [1.29, 1.82) is 0 Å². The Balaban J connectivity index is 2.14. The summed E-state index contributed by atoms with van der Waals surface area (Å²) in [4.78, 5) is 0. The summed E-state index contributed by atoms with van der Waals surface area (Å²) < 4.78 is 0.